The van der Waals surface area contributed by atoms with E-state index >= 15 is 0 Å². The number of ether oxygens (including phenoxy) is 1. The molecule has 0 radical (unpaired) electrons. The number of nitrogens with zero attached hydrogens (tertiary/aromatic N) is 1. The first-order valence-electron chi connectivity index (χ1n) is 7.94. The van der Waals surface area contributed by atoms with E-state index < -0.39 is 11.8 Å². The average Bonchev–Trinajstić information content (AvgIpc) is 3.12. The van der Waals surface area contributed by atoms with Gasteiger partial charge in [0.05, 0.1) is 19.1 Å². The molecule has 7 heteroatoms. The van der Waals surface area contributed by atoms with Crippen LogP contribution in [0.5, 0.6) is 5.75 Å². The number of carbonyl (C=O) groups excluding carboxylic acids is 2. The molecule has 0 saturated heterocycles. The molecule has 0 aliphatic carbocycles. The van der Waals surface area contributed by atoms with Crippen molar-refractivity contribution in [2.75, 3.05) is 17.7 Å². The lowest BCUT2D eigenvalue weighted by Gasteiger charge is -2.10. The van der Waals surface area contributed by atoms with Crippen LogP contribution in [0, 0.1) is 6.92 Å². The number of hydrogen-bond donors (Lipinski definition) is 3. The van der Waals surface area contributed by atoms with Gasteiger partial charge in [-0.05, 0) is 36.8 Å². The van der Waals surface area contributed by atoms with Crippen LogP contribution in [0.3, 0.4) is 0 Å². The van der Waals surface area contributed by atoms with E-state index in [4.69, 9.17) is 4.74 Å². The summed E-state index contributed by atoms with van der Waals surface area (Å²) in [7, 11) is 1.52. The Morgan fingerprint density at radius 2 is 1.85 bits per heavy atom. The van der Waals surface area contributed by atoms with Crippen LogP contribution in [0.1, 0.15) is 26.5 Å². The Hall–Kier alpha value is -3.61. The Labute approximate surface area is 150 Å². The second-order valence-electron chi connectivity index (χ2n) is 5.60. The van der Waals surface area contributed by atoms with Crippen molar-refractivity contribution in [1.82, 2.24) is 9.97 Å². The van der Waals surface area contributed by atoms with Gasteiger partial charge in [0.2, 0.25) is 0 Å². The van der Waals surface area contributed by atoms with Crippen LogP contribution < -0.4 is 15.4 Å². The van der Waals surface area contributed by atoms with Crippen molar-refractivity contribution in [2.24, 2.45) is 0 Å². The Kier molecular flexibility index (Phi) is 4.98. The molecule has 0 aliphatic heterocycles. The highest BCUT2D eigenvalue weighted by atomic mass is 16.5. The minimum absolute atomic E-state index is 0.0129. The number of rotatable bonds is 5. The van der Waals surface area contributed by atoms with Crippen molar-refractivity contribution in [3.05, 3.63) is 71.8 Å². The van der Waals surface area contributed by atoms with E-state index in [0.717, 1.165) is 5.56 Å². The highest BCUT2D eigenvalue weighted by Crippen LogP contribution is 2.24. The van der Waals surface area contributed by atoms with E-state index in [0.29, 0.717) is 17.1 Å². The van der Waals surface area contributed by atoms with Gasteiger partial charge >= 0.3 is 0 Å². The number of carbonyl (C=O) groups is 2. The first-order valence-corrected chi connectivity index (χ1v) is 7.94. The third kappa shape index (κ3) is 3.72. The SMILES string of the molecule is COc1ccccc1NC(=O)c1[nH]cnc1C(=O)Nc1cccc(C)c1. The van der Waals surface area contributed by atoms with Crippen LogP contribution in [0.4, 0.5) is 11.4 Å². The highest BCUT2D eigenvalue weighted by molar-refractivity contribution is 6.13. The molecule has 0 fully saturated rings. The molecule has 3 N–H and O–H groups in total. The van der Waals surface area contributed by atoms with Crippen molar-refractivity contribution in [3.63, 3.8) is 0 Å². The fraction of sp³-hybridized carbons (Fsp3) is 0.105. The maximum Gasteiger partial charge on any atom is 0.276 e. The monoisotopic (exact) mass is 350 g/mol. The summed E-state index contributed by atoms with van der Waals surface area (Å²) in [5, 5.41) is 5.46. The van der Waals surface area contributed by atoms with Crippen molar-refractivity contribution >= 4 is 23.2 Å². The zero-order valence-corrected chi connectivity index (χ0v) is 14.4. The van der Waals surface area contributed by atoms with Crippen molar-refractivity contribution < 1.29 is 14.3 Å². The Bertz CT molecular complexity index is 949. The summed E-state index contributed by atoms with van der Waals surface area (Å²) in [6.45, 7) is 1.93. The maximum absolute atomic E-state index is 12.6. The van der Waals surface area contributed by atoms with Crippen LogP contribution in [0.25, 0.3) is 0 Å². The van der Waals surface area contributed by atoms with Gasteiger partial charge in [0.15, 0.2) is 5.69 Å². The van der Waals surface area contributed by atoms with E-state index in [9.17, 15) is 9.59 Å². The number of H-pyrrole nitrogens is 1. The molecule has 7 nitrogen and oxygen atoms in total. The molecular weight excluding hydrogens is 332 g/mol. The molecule has 0 bridgehead atoms. The zero-order chi connectivity index (χ0) is 18.5. The molecule has 26 heavy (non-hydrogen) atoms. The molecule has 3 aromatic rings. The molecule has 0 spiro atoms. The van der Waals surface area contributed by atoms with Gasteiger partial charge in [0, 0.05) is 5.69 Å². The third-order valence-electron chi connectivity index (χ3n) is 3.71. The summed E-state index contributed by atoms with van der Waals surface area (Å²) in [6, 6.07) is 14.4. The first-order chi connectivity index (χ1) is 12.6. The number of aromatic amines is 1. The molecule has 1 aromatic heterocycles. The molecule has 0 aliphatic rings. The molecular formula is C19H18N4O3. The predicted molar refractivity (Wildman–Crippen MR) is 98.7 cm³/mol. The Morgan fingerprint density at radius 1 is 1.04 bits per heavy atom. The van der Waals surface area contributed by atoms with Crippen LogP contribution in [-0.4, -0.2) is 28.9 Å². The van der Waals surface area contributed by atoms with E-state index in [1.807, 2.05) is 25.1 Å². The number of para-hydroxylation sites is 2. The van der Waals surface area contributed by atoms with Gasteiger partial charge in [0.1, 0.15) is 11.4 Å². The number of amides is 2. The van der Waals surface area contributed by atoms with Gasteiger partial charge in [-0.2, -0.15) is 0 Å². The molecule has 2 aromatic carbocycles. The van der Waals surface area contributed by atoms with Gasteiger partial charge in [-0.3, -0.25) is 9.59 Å². The number of aryl methyl sites for hydroxylation is 1. The molecule has 0 unspecified atom stereocenters. The van der Waals surface area contributed by atoms with Gasteiger partial charge in [0.25, 0.3) is 11.8 Å². The lowest BCUT2D eigenvalue weighted by atomic mass is 10.2. The maximum atomic E-state index is 12.6. The van der Waals surface area contributed by atoms with Crippen LogP contribution in [-0.2, 0) is 0 Å². The van der Waals surface area contributed by atoms with E-state index in [1.54, 1.807) is 30.3 Å². The van der Waals surface area contributed by atoms with Crippen LogP contribution in [0.15, 0.2) is 54.9 Å². The third-order valence-corrected chi connectivity index (χ3v) is 3.71. The molecule has 3 rings (SSSR count). The lowest BCUT2D eigenvalue weighted by molar-refractivity contribution is 0.0985. The fourth-order valence-corrected chi connectivity index (χ4v) is 2.49. The van der Waals surface area contributed by atoms with E-state index in [1.165, 1.54) is 13.4 Å². The summed E-state index contributed by atoms with van der Waals surface area (Å²) in [4.78, 5) is 31.7. The van der Waals surface area contributed by atoms with Crippen molar-refractivity contribution in [3.8, 4) is 5.75 Å². The second-order valence-corrected chi connectivity index (χ2v) is 5.60. The first kappa shape index (κ1) is 17.2. The van der Waals surface area contributed by atoms with Gasteiger partial charge in [-0.1, -0.05) is 24.3 Å². The number of hydrogen-bond acceptors (Lipinski definition) is 4. The zero-order valence-electron chi connectivity index (χ0n) is 14.4. The minimum atomic E-state index is -0.485. The normalized spacial score (nSPS) is 10.2. The van der Waals surface area contributed by atoms with Crippen LogP contribution >= 0.6 is 0 Å². The number of nitrogens with one attached hydrogen (secondary N) is 3. The van der Waals surface area contributed by atoms with Crippen molar-refractivity contribution in [2.45, 2.75) is 6.92 Å². The number of benzene rings is 2. The molecule has 1 heterocycles. The van der Waals surface area contributed by atoms with Gasteiger partial charge in [-0.15, -0.1) is 0 Å². The second kappa shape index (κ2) is 7.52. The Balaban J connectivity index is 1.79. The summed E-state index contributed by atoms with van der Waals surface area (Å²) in [6.07, 6.45) is 1.31. The Morgan fingerprint density at radius 3 is 2.62 bits per heavy atom. The molecule has 0 atom stereocenters. The standard InChI is InChI=1S/C19H18N4O3/c1-12-6-5-7-13(10-12)22-18(24)16-17(21-11-20-16)19(25)23-14-8-3-4-9-15(14)26-2/h3-11H,1-2H3,(H,20,21)(H,22,24)(H,23,25). The van der Waals surface area contributed by atoms with Crippen molar-refractivity contribution in [1.29, 1.82) is 0 Å². The van der Waals surface area contributed by atoms with Gasteiger partial charge < -0.3 is 20.4 Å². The summed E-state index contributed by atoms with van der Waals surface area (Å²) < 4.78 is 5.21. The van der Waals surface area contributed by atoms with E-state index in [-0.39, 0.29) is 11.4 Å². The molecule has 2 amide bonds. The number of imidazole rings is 1. The highest BCUT2D eigenvalue weighted by Gasteiger charge is 2.21. The number of methoxy groups -OCH3 is 1. The van der Waals surface area contributed by atoms with Crippen LogP contribution in [0.2, 0.25) is 0 Å². The molecule has 132 valence electrons. The van der Waals surface area contributed by atoms with E-state index in [2.05, 4.69) is 20.6 Å². The topological polar surface area (TPSA) is 96.1 Å². The number of anilines is 2. The largest absolute Gasteiger partial charge is 0.495 e. The predicted octanol–water partition coefficient (Wildman–Crippen LogP) is 3.23. The smallest absolute Gasteiger partial charge is 0.276 e. The lowest BCUT2D eigenvalue weighted by Crippen LogP contribution is -2.20. The fourth-order valence-electron chi connectivity index (χ4n) is 2.49. The molecule has 0 saturated carbocycles. The minimum Gasteiger partial charge on any atom is -0.495 e. The quantitative estimate of drug-likeness (QED) is 0.658. The summed E-state index contributed by atoms with van der Waals surface area (Å²) >= 11 is 0. The average molecular weight is 350 g/mol. The summed E-state index contributed by atoms with van der Waals surface area (Å²) in [5.41, 5.74) is 2.23. The summed E-state index contributed by atoms with van der Waals surface area (Å²) in [5.74, 6) is -0.436. The number of aromatic nitrogens is 2. The van der Waals surface area contributed by atoms with Gasteiger partial charge in [-0.25, -0.2) is 4.98 Å².